The molecule has 6 heteroatoms. The van der Waals surface area contributed by atoms with Crippen molar-refractivity contribution in [3.63, 3.8) is 0 Å². The van der Waals surface area contributed by atoms with Crippen LogP contribution in [0.3, 0.4) is 0 Å². The molecule has 0 amide bonds. The molecule has 0 aliphatic heterocycles. The van der Waals surface area contributed by atoms with Gasteiger partial charge in [0, 0.05) is 5.56 Å². The third-order valence-electron chi connectivity index (χ3n) is 3.71. The molecule has 0 unspecified atom stereocenters. The van der Waals surface area contributed by atoms with Crippen LogP contribution in [0.25, 0.3) is 11.1 Å². The van der Waals surface area contributed by atoms with Crippen LogP contribution >= 0.6 is 11.6 Å². The van der Waals surface area contributed by atoms with Gasteiger partial charge in [-0.05, 0) is 25.8 Å². The molecule has 1 fully saturated rings. The van der Waals surface area contributed by atoms with Gasteiger partial charge in [0.15, 0.2) is 0 Å². The van der Waals surface area contributed by atoms with Crippen molar-refractivity contribution in [2.24, 2.45) is 0 Å². The van der Waals surface area contributed by atoms with Crippen molar-refractivity contribution in [1.82, 2.24) is 9.55 Å². The molecule has 0 saturated heterocycles. The van der Waals surface area contributed by atoms with E-state index in [0.717, 1.165) is 17.4 Å². The van der Waals surface area contributed by atoms with Crippen molar-refractivity contribution in [3.8, 4) is 11.1 Å². The zero-order valence-electron chi connectivity index (χ0n) is 10.7. The minimum absolute atomic E-state index is 0.00232. The number of H-pyrrole nitrogens is 1. The van der Waals surface area contributed by atoms with Crippen molar-refractivity contribution in [2.45, 2.75) is 25.3 Å². The van der Waals surface area contributed by atoms with Gasteiger partial charge in [-0.1, -0.05) is 29.8 Å². The fourth-order valence-electron chi connectivity index (χ4n) is 2.30. The molecule has 1 N–H and O–H groups in total. The van der Waals surface area contributed by atoms with Crippen molar-refractivity contribution in [3.05, 3.63) is 56.1 Å². The molecular formula is C14H12ClFN2O2. The van der Waals surface area contributed by atoms with Crippen LogP contribution in [-0.2, 0) is 5.54 Å². The predicted octanol–water partition coefficient (Wildman–Crippen LogP) is 2.51. The lowest BCUT2D eigenvalue weighted by molar-refractivity contribution is 0.487. The van der Waals surface area contributed by atoms with Crippen LogP contribution in [0.2, 0.25) is 5.15 Å². The van der Waals surface area contributed by atoms with Gasteiger partial charge >= 0.3 is 5.69 Å². The van der Waals surface area contributed by atoms with E-state index < -0.39 is 22.6 Å². The van der Waals surface area contributed by atoms with E-state index in [-0.39, 0.29) is 16.3 Å². The first kappa shape index (κ1) is 13.1. The van der Waals surface area contributed by atoms with Crippen LogP contribution in [0.5, 0.6) is 0 Å². The van der Waals surface area contributed by atoms with Crippen LogP contribution < -0.4 is 11.2 Å². The monoisotopic (exact) mass is 294 g/mol. The Hall–Kier alpha value is -1.88. The summed E-state index contributed by atoms with van der Waals surface area (Å²) in [4.78, 5) is 26.9. The highest BCUT2D eigenvalue weighted by Gasteiger charge is 2.42. The summed E-state index contributed by atoms with van der Waals surface area (Å²) in [5.41, 5.74) is -1.51. The molecule has 1 aliphatic rings. The summed E-state index contributed by atoms with van der Waals surface area (Å²) in [6, 6.07) is 5.86. The smallest absolute Gasteiger partial charge is 0.297 e. The lowest BCUT2D eigenvalue weighted by Crippen LogP contribution is -2.41. The first-order chi connectivity index (χ1) is 9.44. The number of aromatic amines is 1. The number of halogens is 2. The Morgan fingerprint density at radius 1 is 1.30 bits per heavy atom. The Labute approximate surface area is 118 Å². The van der Waals surface area contributed by atoms with Gasteiger partial charge in [-0.25, -0.2) is 9.18 Å². The largest absolute Gasteiger partial charge is 0.330 e. The van der Waals surface area contributed by atoms with E-state index in [4.69, 9.17) is 11.6 Å². The van der Waals surface area contributed by atoms with Crippen LogP contribution in [0.4, 0.5) is 4.39 Å². The Balaban J connectivity index is 2.36. The Kier molecular flexibility index (Phi) is 2.83. The Morgan fingerprint density at radius 3 is 2.55 bits per heavy atom. The zero-order valence-corrected chi connectivity index (χ0v) is 11.5. The van der Waals surface area contributed by atoms with Gasteiger partial charge in [-0.2, -0.15) is 0 Å². The molecule has 1 aliphatic carbocycles. The van der Waals surface area contributed by atoms with Gasteiger partial charge in [0.2, 0.25) is 0 Å². The summed E-state index contributed by atoms with van der Waals surface area (Å²) in [5, 5.41) is -0.134. The minimum atomic E-state index is -0.555. The number of rotatable bonds is 2. The molecule has 1 aromatic heterocycles. The van der Waals surface area contributed by atoms with Crippen molar-refractivity contribution in [2.75, 3.05) is 0 Å². The van der Waals surface area contributed by atoms with E-state index in [1.807, 2.05) is 6.92 Å². The second-order valence-electron chi connectivity index (χ2n) is 5.24. The Morgan fingerprint density at radius 2 is 1.95 bits per heavy atom. The summed E-state index contributed by atoms with van der Waals surface area (Å²) in [5.74, 6) is -0.550. The third-order valence-corrected chi connectivity index (χ3v) is 4.00. The average molecular weight is 295 g/mol. The molecule has 1 saturated carbocycles. The number of nitrogens with zero attached hydrogens (tertiary/aromatic N) is 1. The van der Waals surface area contributed by atoms with E-state index in [0.29, 0.717) is 0 Å². The highest BCUT2D eigenvalue weighted by atomic mass is 35.5. The maximum atomic E-state index is 13.9. The molecule has 2 aromatic rings. The first-order valence-corrected chi connectivity index (χ1v) is 6.62. The van der Waals surface area contributed by atoms with Gasteiger partial charge in [-0.15, -0.1) is 0 Å². The number of benzene rings is 1. The van der Waals surface area contributed by atoms with Crippen LogP contribution in [0.15, 0.2) is 33.9 Å². The molecule has 0 atom stereocenters. The quantitative estimate of drug-likeness (QED) is 0.865. The number of nitrogens with one attached hydrogen (secondary N) is 1. The molecule has 20 heavy (non-hydrogen) atoms. The normalized spacial score (nSPS) is 16.1. The predicted molar refractivity (Wildman–Crippen MR) is 74.6 cm³/mol. The van der Waals surface area contributed by atoms with E-state index in [1.165, 1.54) is 18.2 Å². The minimum Gasteiger partial charge on any atom is -0.297 e. The van der Waals surface area contributed by atoms with E-state index >= 15 is 0 Å². The molecular weight excluding hydrogens is 283 g/mol. The molecule has 3 rings (SSSR count). The van der Waals surface area contributed by atoms with Crippen molar-refractivity contribution in [1.29, 1.82) is 0 Å². The highest BCUT2D eigenvalue weighted by Crippen LogP contribution is 2.41. The Bertz CT molecular complexity index is 806. The molecule has 1 aromatic carbocycles. The second kappa shape index (κ2) is 4.31. The topological polar surface area (TPSA) is 54.9 Å². The van der Waals surface area contributed by atoms with Gasteiger partial charge < -0.3 is 0 Å². The third kappa shape index (κ3) is 1.89. The van der Waals surface area contributed by atoms with Gasteiger partial charge in [0.1, 0.15) is 11.0 Å². The number of hydrogen-bond donors (Lipinski definition) is 1. The first-order valence-electron chi connectivity index (χ1n) is 6.24. The van der Waals surface area contributed by atoms with E-state index in [1.54, 1.807) is 6.07 Å². The zero-order chi connectivity index (χ0) is 14.5. The lowest BCUT2D eigenvalue weighted by Gasteiger charge is -2.14. The lowest BCUT2D eigenvalue weighted by atomic mass is 10.1. The average Bonchev–Trinajstić information content (AvgIpc) is 3.09. The van der Waals surface area contributed by atoms with Crippen LogP contribution in [0.1, 0.15) is 19.8 Å². The SMILES string of the molecule is CC1(n2c(=O)[nH]c(Cl)c(-c3ccccc3F)c2=O)CC1. The van der Waals surface area contributed by atoms with Crippen LogP contribution in [0, 0.1) is 5.82 Å². The fraction of sp³-hybridized carbons (Fsp3) is 0.286. The van der Waals surface area contributed by atoms with Crippen LogP contribution in [-0.4, -0.2) is 9.55 Å². The van der Waals surface area contributed by atoms with Crippen molar-refractivity contribution >= 4 is 11.6 Å². The maximum absolute atomic E-state index is 13.9. The second-order valence-corrected chi connectivity index (χ2v) is 5.61. The molecule has 0 radical (unpaired) electrons. The van der Waals surface area contributed by atoms with Crippen molar-refractivity contribution < 1.29 is 4.39 Å². The van der Waals surface area contributed by atoms with Gasteiger partial charge in [0.25, 0.3) is 5.56 Å². The molecule has 0 bridgehead atoms. The summed E-state index contributed by atoms with van der Waals surface area (Å²) in [6.07, 6.45) is 1.49. The fourth-order valence-corrected chi connectivity index (χ4v) is 2.57. The molecule has 4 nitrogen and oxygen atoms in total. The molecule has 104 valence electrons. The van der Waals surface area contributed by atoms with Gasteiger partial charge in [-0.3, -0.25) is 14.3 Å². The van der Waals surface area contributed by atoms with E-state index in [9.17, 15) is 14.0 Å². The molecule has 1 heterocycles. The summed E-state index contributed by atoms with van der Waals surface area (Å²) in [6.45, 7) is 1.82. The summed E-state index contributed by atoms with van der Waals surface area (Å²) < 4.78 is 15.0. The number of aromatic nitrogens is 2. The number of hydrogen-bond acceptors (Lipinski definition) is 2. The maximum Gasteiger partial charge on any atom is 0.330 e. The molecule has 0 spiro atoms. The standard InChI is InChI=1S/C14H12ClFN2O2/c1-14(6-7-14)18-12(19)10(11(15)17-13(18)20)8-4-2-3-5-9(8)16/h2-5H,6-7H2,1H3,(H,17,20). The highest BCUT2D eigenvalue weighted by molar-refractivity contribution is 6.32. The summed E-state index contributed by atoms with van der Waals surface area (Å²) >= 11 is 5.95. The van der Waals surface area contributed by atoms with E-state index in [2.05, 4.69) is 4.98 Å². The summed E-state index contributed by atoms with van der Waals surface area (Å²) in [7, 11) is 0. The van der Waals surface area contributed by atoms with Gasteiger partial charge in [0.05, 0.1) is 11.1 Å².